The first-order valence-corrected chi connectivity index (χ1v) is 10.3. The van der Waals surface area contributed by atoms with Gasteiger partial charge in [-0.1, -0.05) is 23.9 Å². The van der Waals surface area contributed by atoms with Crippen LogP contribution in [0.1, 0.15) is 27.2 Å². The van der Waals surface area contributed by atoms with E-state index in [4.69, 9.17) is 19.0 Å². The Morgan fingerprint density at radius 3 is 1.76 bits per heavy atom. The molecule has 0 bridgehead atoms. The van der Waals surface area contributed by atoms with Gasteiger partial charge < -0.3 is 19.0 Å². The van der Waals surface area contributed by atoms with Crippen molar-refractivity contribution in [3.63, 3.8) is 0 Å². The Kier molecular flexibility index (Phi) is 9.22. The first-order valence-electron chi connectivity index (χ1n) is 7.60. The van der Waals surface area contributed by atoms with Crippen LogP contribution >= 0.6 is 11.8 Å². The van der Waals surface area contributed by atoms with E-state index in [2.05, 4.69) is 24.3 Å². The van der Waals surface area contributed by atoms with Gasteiger partial charge in [0, 0.05) is 35.7 Å². The molecule has 120 valence electrons. The standard InChI is InChI=1S/C9H23NO3Si.C6H4S/c1-4-11-14(12-5-2,13-6-3)9-7-8-10;1-2-4-6-5(3-1)7-6/h4-10H2,1-3H3;1-4H. The van der Waals surface area contributed by atoms with E-state index in [-0.39, 0.29) is 0 Å². The molecule has 0 radical (unpaired) electrons. The van der Waals surface area contributed by atoms with E-state index in [0.29, 0.717) is 26.4 Å². The van der Waals surface area contributed by atoms with Gasteiger partial charge in [-0.25, -0.2) is 0 Å². The summed E-state index contributed by atoms with van der Waals surface area (Å²) in [7, 11) is -2.40. The largest absolute Gasteiger partial charge is 0.500 e. The zero-order chi connectivity index (χ0) is 15.6. The van der Waals surface area contributed by atoms with Crippen LogP contribution in [-0.2, 0) is 13.3 Å². The second kappa shape index (κ2) is 10.4. The van der Waals surface area contributed by atoms with Gasteiger partial charge in [0.25, 0.3) is 0 Å². The molecule has 0 aliphatic carbocycles. The SMILES string of the molecule is CCO[Si](CCCN)(OCC)OCC.c1ccc2c(c1)S2. The Morgan fingerprint density at radius 2 is 1.43 bits per heavy atom. The van der Waals surface area contributed by atoms with Gasteiger partial charge in [-0.3, -0.25) is 0 Å². The Labute approximate surface area is 133 Å². The lowest BCUT2D eigenvalue weighted by Crippen LogP contribution is -2.46. The van der Waals surface area contributed by atoms with Gasteiger partial charge in [0.1, 0.15) is 0 Å². The van der Waals surface area contributed by atoms with Crippen LogP contribution in [0, 0.1) is 0 Å². The Hall–Kier alpha value is -0.373. The summed E-state index contributed by atoms with van der Waals surface area (Å²) in [5, 5.41) is 0. The maximum Gasteiger partial charge on any atom is 0.500 e. The predicted octanol–water partition coefficient (Wildman–Crippen LogP) is 3.53. The molecule has 0 spiro atoms. The number of nitrogens with two attached hydrogens (primary N) is 1. The summed E-state index contributed by atoms with van der Waals surface area (Å²) in [4.78, 5) is 2.89. The molecule has 6 heteroatoms. The van der Waals surface area contributed by atoms with Crippen molar-refractivity contribution in [1.29, 1.82) is 0 Å². The lowest BCUT2D eigenvalue weighted by Gasteiger charge is -2.28. The maximum absolute atomic E-state index is 5.65. The van der Waals surface area contributed by atoms with Gasteiger partial charge in [-0.2, -0.15) is 0 Å². The number of hydrogen-bond acceptors (Lipinski definition) is 5. The van der Waals surface area contributed by atoms with Gasteiger partial charge >= 0.3 is 8.80 Å². The van der Waals surface area contributed by atoms with Gasteiger partial charge in [0.05, 0.1) is 0 Å². The van der Waals surface area contributed by atoms with Crippen LogP contribution in [-0.4, -0.2) is 35.2 Å². The average molecular weight is 330 g/mol. The van der Waals surface area contributed by atoms with Crippen molar-refractivity contribution in [2.45, 2.75) is 43.0 Å². The molecule has 0 amide bonds. The van der Waals surface area contributed by atoms with E-state index in [1.807, 2.05) is 32.5 Å². The van der Waals surface area contributed by atoms with Gasteiger partial charge in [-0.15, -0.1) is 0 Å². The van der Waals surface area contributed by atoms with E-state index < -0.39 is 8.80 Å². The number of benzene rings is 1. The molecule has 0 atom stereocenters. The molecular formula is C15H27NO3SSi. The summed E-state index contributed by atoms with van der Waals surface area (Å²) in [6.07, 6.45) is 0.895. The summed E-state index contributed by atoms with van der Waals surface area (Å²) in [6.45, 7) is 8.44. The van der Waals surface area contributed by atoms with Crippen LogP contribution in [0.4, 0.5) is 0 Å². The maximum atomic E-state index is 5.65. The summed E-state index contributed by atoms with van der Waals surface area (Å²) < 4.78 is 17.0. The molecule has 1 aliphatic rings. The molecule has 2 N–H and O–H groups in total. The molecular weight excluding hydrogens is 302 g/mol. The molecule has 0 saturated carbocycles. The highest BCUT2D eigenvalue weighted by Crippen LogP contribution is 2.47. The van der Waals surface area contributed by atoms with Crippen LogP contribution in [0.2, 0.25) is 6.04 Å². The molecule has 1 aromatic rings. The predicted molar refractivity (Wildman–Crippen MR) is 89.7 cm³/mol. The quantitative estimate of drug-likeness (QED) is 0.563. The fourth-order valence-electron chi connectivity index (χ4n) is 1.93. The topological polar surface area (TPSA) is 53.7 Å². The first-order chi connectivity index (χ1) is 10.2. The molecule has 4 nitrogen and oxygen atoms in total. The average Bonchev–Trinajstić information content (AvgIpc) is 3.26. The van der Waals surface area contributed by atoms with Crippen molar-refractivity contribution in [2.75, 3.05) is 26.4 Å². The highest BCUT2D eigenvalue weighted by molar-refractivity contribution is 8.04. The van der Waals surface area contributed by atoms with Crippen molar-refractivity contribution >= 4 is 20.6 Å². The van der Waals surface area contributed by atoms with Crippen molar-refractivity contribution in [3.05, 3.63) is 24.3 Å². The smallest absolute Gasteiger partial charge is 0.374 e. The Balaban J connectivity index is 0.000000255. The highest BCUT2D eigenvalue weighted by atomic mass is 32.2. The highest BCUT2D eigenvalue weighted by Gasteiger charge is 2.39. The van der Waals surface area contributed by atoms with Crippen LogP contribution in [0.5, 0.6) is 0 Å². The number of rotatable bonds is 9. The zero-order valence-electron chi connectivity index (χ0n) is 13.3. The van der Waals surface area contributed by atoms with Crippen LogP contribution in [0.15, 0.2) is 34.1 Å². The van der Waals surface area contributed by atoms with Crippen LogP contribution in [0.25, 0.3) is 0 Å². The Bertz CT molecular complexity index is 368. The summed E-state index contributed by atoms with van der Waals surface area (Å²) in [6, 6.07) is 9.23. The normalized spacial score (nSPS) is 12.4. The molecule has 0 aromatic heterocycles. The van der Waals surface area contributed by atoms with Crippen LogP contribution < -0.4 is 5.73 Å². The summed E-state index contributed by atoms with van der Waals surface area (Å²) in [5.74, 6) is 0. The van der Waals surface area contributed by atoms with Gasteiger partial charge in [-0.05, 0) is 45.9 Å². The number of hydrogen-bond donors (Lipinski definition) is 1. The second-order valence-electron chi connectivity index (χ2n) is 4.42. The molecule has 0 unspecified atom stereocenters. The Morgan fingerprint density at radius 1 is 0.952 bits per heavy atom. The molecule has 0 saturated heterocycles. The van der Waals surface area contributed by atoms with E-state index in [1.165, 1.54) is 9.79 Å². The van der Waals surface area contributed by atoms with Gasteiger partial charge in [0.2, 0.25) is 0 Å². The third kappa shape index (κ3) is 6.95. The lowest BCUT2D eigenvalue weighted by atomic mass is 10.4. The first kappa shape index (κ1) is 18.7. The minimum Gasteiger partial charge on any atom is -0.374 e. The minimum atomic E-state index is -2.40. The molecule has 1 aliphatic heterocycles. The van der Waals surface area contributed by atoms with E-state index in [1.54, 1.807) is 0 Å². The minimum absolute atomic E-state index is 0.636. The second-order valence-corrected chi connectivity index (χ2v) is 8.24. The van der Waals surface area contributed by atoms with Gasteiger partial charge in [0.15, 0.2) is 0 Å². The molecule has 1 aromatic carbocycles. The van der Waals surface area contributed by atoms with Crippen molar-refractivity contribution < 1.29 is 13.3 Å². The van der Waals surface area contributed by atoms with E-state index >= 15 is 0 Å². The van der Waals surface area contributed by atoms with Crippen molar-refractivity contribution in [1.82, 2.24) is 0 Å². The third-order valence-corrected chi connectivity index (χ3v) is 6.91. The molecule has 0 fully saturated rings. The summed E-state index contributed by atoms with van der Waals surface area (Å²) in [5.41, 5.74) is 5.48. The van der Waals surface area contributed by atoms with Crippen molar-refractivity contribution in [3.8, 4) is 0 Å². The zero-order valence-corrected chi connectivity index (χ0v) is 15.1. The fraction of sp³-hybridized carbons (Fsp3) is 0.600. The van der Waals surface area contributed by atoms with Crippen LogP contribution in [0.3, 0.4) is 0 Å². The monoisotopic (exact) mass is 329 g/mol. The number of fused-ring (bicyclic) bond motifs is 1. The molecule has 1 heterocycles. The fourth-order valence-corrected chi connectivity index (χ4v) is 5.19. The molecule has 2 rings (SSSR count). The van der Waals surface area contributed by atoms with E-state index in [9.17, 15) is 0 Å². The third-order valence-electron chi connectivity index (χ3n) is 2.81. The van der Waals surface area contributed by atoms with E-state index in [0.717, 1.165) is 12.5 Å². The molecule has 21 heavy (non-hydrogen) atoms. The summed E-state index contributed by atoms with van der Waals surface area (Å²) >= 11 is 1.86. The lowest BCUT2D eigenvalue weighted by molar-refractivity contribution is 0.0710. The van der Waals surface area contributed by atoms with Crippen molar-refractivity contribution in [2.24, 2.45) is 5.73 Å².